The number of halogens is 2. The van der Waals surface area contributed by atoms with E-state index in [-0.39, 0.29) is 23.3 Å². The summed E-state index contributed by atoms with van der Waals surface area (Å²) in [5.41, 5.74) is 0.622. The molecule has 1 aromatic carbocycles. The average molecular weight is 219 g/mol. The Kier molecular flexibility index (Phi) is 3.72. The van der Waals surface area contributed by atoms with Gasteiger partial charge in [0.25, 0.3) is 0 Å². The summed E-state index contributed by atoms with van der Waals surface area (Å²) in [5.74, 6) is -0.636. The van der Waals surface area contributed by atoms with Gasteiger partial charge < -0.3 is 9.84 Å². The van der Waals surface area contributed by atoms with Crippen molar-refractivity contribution < 1.29 is 14.2 Å². The lowest BCUT2D eigenvalue weighted by Gasteiger charge is -2.14. The topological polar surface area (TPSA) is 29.5 Å². The van der Waals surface area contributed by atoms with Crippen molar-refractivity contribution in [3.8, 4) is 5.75 Å². The zero-order valence-electron chi connectivity index (χ0n) is 8.05. The predicted molar refractivity (Wildman–Crippen MR) is 53.5 cm³/mol. The van der Waals surface area contributed by atoms with Gasteiger partial charge in [-0.05, 0) is 6.07 Å². The molecular formula is C10H12ClFO2. The van der Waals surface area contributed by atoms with Crippen LogP contribution in [0.15, 0.2) is 12.1 Å². The zero-order chi connectivity index (χ0) is 10.7. The van der Waals surface area contributed by atoms with Crippen LogP contribution in [0.2, 0.25) is 5.02 Å². The highest BCUT2D eigenvalue weighted by atomic mass is 35.5. The van der Waals surface area contributed by atoms with Crippen LogP contribution in [0.3, 0.4) is 0 Å². The molecule has 0 aliphatic rings. The molecule has 0 radical (unpaired) electrons. The molecule has 2 nitrogen and oxygen atoms in total. The van der Waals surface area contributed by atoms with E-state index in [1.807, 2.05) is 0 Å². The molecule has 1 aromatic rings. The summed E-state index contributed by atoms with van der Waals surface area (Å²) in [7, 11) is 1.38. The van der Waals surface area contributed by atoms with Crippen molar-refractivity contribution in [1.29, 1.82) is 0 Å². The van der Waals surface area contributed by atoms with Gasteiger partial charge in [-0.15, -0.1) is 0 Å². The second-order valence-electron chi connectivity index (χ2n) is 3.07. The first kappa shape index (κ1) is 11.3. The second kappa shape index (κ2) is 4.62. The summed E-state index contributed by atoms with van der Waals surface area (Å²) >= 11 is 5.59. The molecule has 0 aliphatic heterocycles. The molecule has 0 amide bonds. The molecule has 78 valence electrons. The summed E-state index contributed by atoms with van der Waals surface area (Å²) in [5, 5.41) is 8.98. The Bertz CT molecular complexity index is 328. The highest BCUT2D eigenvalue weighted by Gasteiger charge is 2.16. The van der Waals surface area contributed by atoms with Gasteiger partial charge in [0.15, 0.2) is 11.6 Å². The molecule has 0 saturated carbocycles. The lowest BCUT2D eigenvalue weighted by molar-refractivity contribution is 0.268. The standard InChI is InChI=1S/C10H12ClFO2/c1-6(5-13)7-3-4-8(11)9(12)10(7)14-2/h3-4,6,13H,5H2,1-2H3. The fourth-order valence-corrected chi connectivity index (χ4v) is 1.39. The average Bonchev–Trinajstić information content (AvgIpc) is 2.20. The highest BCUT2D eigenvalue weighted by molar-refractivity contribution is 6.30. The van der Waals surface area contributed by atoms with Crippen molar-refractivity contribution in [3.63, 3.8) is 0 Å². The summed E-state index contributed by atoms with van der Waals surface area (Å²) in [4.78, 5) is 0. The van der Waals surface area contributed by atoms with E-state index in [9.17, 15) is 4.39 Å². The monoisotopic (exact) mass is 218 g/mol. The van der Waals surface area contributed by atoms with E-state index in [2.05, 4.69) is 0 Å². The SMILES string of the molecule is COc1c(C(C)CO)ccc(Cl)c1F. The molecule has 14 heavy (non-hydrogen) atoms. The van der Waals surface area contributed by atoms with Crippen LogP contribution in [0, 0.1) is 5.82 Å². The largest absolute Gasteiger partial charge is 0.493 e. The predicted octanol–water partition coefficient (Wildman–Crippen LogP) is 2.58. The molecule has 0 aliphatic carbocycles. The number of methoxy groups -OCH3 is 1. The van der Waals surface area contributed by atoms with E-state index in [0.29, 0.717) is 5.56 Å². The molecule has 4 heteroatoms. The number of ether oxygens (including phenoxy) is 1. The number of hydrogen-bond acceptors (Lipinski definition) is 2. The Hall–Kier alpha value is -0.800. The second-order valence-corrected chi connectivity index (χ2v) is 3.47. The molecule has 0 spiro atoms. The summed E-state index contributed by atoms with van der Waals surface area (Å²) in [6.07, 6.45) is 0. The van der Waals surface area contributed by atoms with Crippen molar-refractivity contribution in [1.82, 2.24) is 0 Å². The van der Waals surface area contributed by atoms with E-state index in [1.165, 1.54) is 13.2 Å². The first-order chi connectivity index (χ1) is 6.61. The summed E-state index contributed by atoms with van der Waals surface area (Å²) in [6.45, 7) is 1.72. The number of rotatable bonds is 3. The van der Waals surface area contributed by atoms with Crippen LogP contribution in [-0.2, 0) is 0 Å². The lowest BCUT2D eigenvalue weighted by atomic mass is 10.0. The minimum atomic E-state index is -0.577. The highest BCUT2D eigenvalue weighted by Crippen LogP contribution is 2.32. The summed E-state index contributed by atoms with van der Waals surface area (Å²) in [6, 6.07) is 3.12. The maximum Gasteiger partial charge on any atom is 0.183 e. The third kappa shape index (κ3) is 1.99. The van der Waals surface area contributed by atoms with Gasteiger partial charge in [0.05, 0.1) is 12.1 Å². The van der Waals surface area contributed by atoms with Crippen LogP contribution in [-0.4, -0.2) is 18.8 Å². The Balaban J connectivity index is 3.23. The zero-order valence-corrected chi connectivity index (χ0v) is 8.81. The first-order valence-electron chi connectivity index (χ1n) is 4.24. The van der Waals surface area contributed by atoms with Gasteiger partial charge in [-0.25, -0.2) is 4.39 Å². The fourth-order valence-electron chi connectivity index (χ4n) is 1.24. The van der Waals surface area contributed by atoms with Gasteiger partial charge in [0, 0.05) is 18.1 Å². The third-order valence-electron chi connectivity index (χ3n) is 2.09. The van der Waals surface area contributed by atoms with Gasteiger partial charge in [-0.2, -0.15) is 0 Å². The van der Waals surface area contributed by atoms with Crippen LogP contribution in [0.4, 0.5) is 4.39 Å². The minimum Gasteiger partial charge on any atom is -0.493 e. The molecule has 1 rings (SSSR count). The Morgan fingerprint density at radius 3 is 2.71 bits per heavy atom. The molecule has 0 fully saturated rings. The van der Waals surface area contributed by atoms with Gasteiger partial charge in [-0.3, -0.25) is 0 Å². The van der Waals surface area contributed by atoms with E-state index in [4.69, 9.17) is 21.4 Å². The molecule has 1 unspecified atom stereocenters. The Morgan fingerprint density at radius 2 is 2.21 bits per heavy atom. The minimum absolute atomic E-state index is 0.0238. The van der Waals surface area contributed by atoms with Crippen molar-refractivity contribution >= 4 is 11.6 Å². The Morgan fingerprint density at radius 1 is 1.57 bits per heavy atom. The number of aliphatic hydroxyl groups excluding tert-OH is 1. The Labute approximate surface area is 87.3 Å². The van der Waals surface area contributed by atoms with Crippen LogP contribution >= 0.6 is 11.6 Å². The van der Waals surface area contributed by atoms with Gasteiger partial charge in [0.1, 0.15) is 0 Å². The van der Waals surface area contributed by atoms with Crippen molar-refractivity contribution in [2.24, 2.45) is 0 Å². The molecule has 0 aromatic heterocycles. The number of hydrogen-bond donors (Lipinski definition) is 1. The van der Waals surface area contributed by atoms with Gasteiger partial charge >= 0.3 is 0 Å². The molecule has 1 N–H and O–H groups in total. The van der Waals surface area contributed by atoms with Crippen molar-refractivity contribution in [3.05, 3.63) is 28.5 Å². The quantitative estimate of drug-likeness (QED) is 0.845. The maximum absolute atomic E-state index is 13.4. The van der Waals surface area contributed by atoms with Crippen LogP contribution in [0.25, 0.3) is 0 Å². The fraction of sp³-hybridized carbons (Fsp3) is 0.400. The molecule has 0 saturated heterocycles. The van der Waals surface area contributed by atoms with Crippen molar-refractivity contribution in [2.75, 3.05) is 13.7 Å². The van der Waals surface area contributed by atoms with E-state index in [1.54, 1.807) is 13.0 Å². The maximum atomic E-state index is 13.4. The van der Waals surface area contributed by atoms with E-state index in [0.717, 1.165) is 0 Å². The van der Waals surface area contributed by atoms with Crippen LogP contribution in [0.1, 0.15) is 18.4 Å². The smallest absolute Gasteiger partial charge is 0.183 e. The van der Waals surface area contributed by atoms with Crippen molar-refractivity contribution in [2.45, 2.75) is 12.8 Å². The first-order valence-corrected chi connectivity index (χ1v) is 4.62. The van der Waals surface area contributed by atoms with E-state index < -0.39 is 5.82 Å². The summed E-state index contributed by atoms with van der Waals surface area (Å²) < 4.78 is 18.3. The van der Waals surface area contributed by atoms with Gasteiger partial charge in [0.2, 0.25) is 0 Å². The number of aliphatic hydroxyl groups is 1. The molecular weight excluding hydrogens is 207 g/mol. The van der Waals surface area contributed by atoms with Crippen LogP contribution < -0.4 is 4.74 Å². The third-order valence-corrected chi connectivity index (χ3v) is 2.38. The molecule has 0 bridgehead atoms. The number of benzene rings is 1. The molecule has 0 heterocycles. The van der Waals surface area contributed by atoms with E-state index >= 15 is 0 Å². The lowest BCUT2D eigenvalue weighted by Crippen LogP contribution is -2.03. The normalized spacial score (nSPS) is 12.6. The molecule has 1 atom stereocenters. The van der Waals surface area contributed by atoms with Crippen LogP contribution in [0.5, 0.6) is 5.75 Å². The van der Waals surface area contributed by atoms with Gasteiger partial charge in [-0.1, -0.05) is 24.6 Å².